The van der Waals surface area contributed by atoms with E-state index in [-0.39, 0.29) is 18.1 Å². The number of urea groups is 1. The van der Waals surface area contributed by atoms with Gasteiger partial charge in [-0.05, 0) is 59.5 Å². The summed E-state index contributed by atoms with van der Waals surface area (Å²) in [6, 6.07) is 15.9. The summed E-state index contributed by atoms with van der Waals surface area (Å²) in [6.45, 7) is 1.50. The lowest BCUT2D eigenvalue weighted by Crippen LogP contribution is -2.38. The number of hydroxylamine groups is 2. The van der Waals surface area contributed by atoms with Gasteiger partial charge >= 0.3 is 18.2 Å². The minimum Gasteiger partial charge on any atom is -0.338 e. The highest BCUT2D eigenvalue weighted by Crippen LogP contribution is 2.31. The molecule has 0 atom stereocenters. The lowest BCUT2D eigenvalue weighted by molar-refractivity contribution is -0.175. The number of amides is 3. The summed E-state index contributed by atoms with van der Waals surface area (Å²) in [5, 5.41) is 6.02. The molecule has 7 nitrogen and oxygen atoms in total. The molecule has 0 fully saturated rings. The Bertz CT molecular complexity index is 1290. The van der Waals surface area contributed by atoms with Gasteiger partial charge in [-0.15, -0.1) is 0 Å². The zero-order valence-corrected chi connectivity index (χ0v) is 18.5. The van der Waals surface area contributed by atoms with Crippen molar-refractivity contribution >= 4 is 29.3 Å². The molecule has 0 aliphatic carbocycles. The molecule has 0 aromatic heterocycles. The van der Waals surface area contributed by atoms with Crippen LogP contribution in [0.5, 0.6) is 0 Å². The molecular formula is C25H20F3N3O4. The highest BCUT2D eigenvalue weighted by Gasteiger charge is 2.30. The number of hydrogen-bond acceptors (Lipinski definition) is 4. The third-order valence-electron chi connectivity index (χ3n) is 5.31. The fourth-order valence-corrected chi connectivity index (χ4v) is 3.70. The number of halogens is 3. The van der Waals surface area contributed by atoms with Crippen LogP contribution in [-0.4, -0.2) is 29.5 Å². The normalized spacial score (nSPS) is 13.1. The molecule has 0 saturated carbocycles. The average molecular weight is 483 g/mol. The Balaban J connectivity index is 1.42. The summed E-state index contributed by atoms with van der Waals surface area (Å²) in [7, 11) is 0. The molecule has 10 heteroatoms. The zero-order valence-electron chi connectivity index (χ0n) is 18.5. The lowest BCUT2D eigenvalue weighted by atomic mass is 9.95. The van der Waals surface area contributed by atoms with Crippen molar-refractivity contribution < 1.29 is 32.4 Å². The van der Waals surface area contributed by atoms with Gasteiger partial charge < -0.3 is 15.5 Å². The lowest BCUT2D eigenvalue weighted by Gasteiger charge is -2.26. The van der Waals surface area contributed by atoms with Gasteiger partial charge in [-0.2, -0.15) is 18.2 Å². The van der Waals surface area contributed by atoms with E-state index in [0.29, 0.717) is 17.7 Å². The van der Waals surface area contributed by atoms with Crippen LogP contribution < -0.4 is 10.6 Å². The first kappa shape index (κ1) is 23.8. The standard InChI is InChI=1S/C25H20F3N3O4/c1-15(32)35-31-12-11-18-13-17(7-10-22(18)23(31)33)16-5-8-20(9-6-16)29-24(34)30-21-4-2-3-19(14-21)25(26,27)28/h2-10,13-14H,11-12H2,1H3,(H2,29,30,34). The molecule has 3 amide bonds. The van der Waals surface area contributed by atoms with Gasteiger partial charge in [0.1, 0.15) is 0 Å². The molecule has 1 heterocycles. The number of anilines is 2. The van der Waals surface area contributed by atoms with E-state index >= 15 is 0 Å². The molecule has 0 bridgehead atoms. The molecular weight excluding hydrogens is 463 g/mol. The van der Waals surface area contributed by atoms with Crippen molar-refractivity contribution in [3.8, 4) is 11.1 Å². The minimum atomic E-state index is -4.50. The Morgan fingerprint density at radius 3 is 2.29 bits per heavy atom. The van der Waals surface area contributed by atoms with Crippen molar-refractivity contribution in [3.63, 3.8) is 0 Å². The summed E-state index contributed by atoms with van der Waals surface area (Å²) in [5.41, 5.74) is 2.60. The molecule has 180 valence electrons. The fourth-order valence-electron chi connectivity index (χ4n) is 3.70. The number of rotatable bonds is 4. The molecule has 3 aromatic rings. The second kappa shape index (κ2) is 9.49. The monoisotopic (exact) mass is 483 g/mol. The van der Waals surface area contributed by atoms with E-state index in [0.717, 1.165) is 33.9 Å². The molecule has 0 saturated heterocycles. The summed E-state index contributed by atoms with van der Waals surface area (Å²) in [4.78, 5) is 40.8. The van der Waals surface area contributed by atoms with Crippen LogP contribution in [0.1, 0.15) is 28.4 Å². The zero-order chi connectivity index (χ0) is 25.2. The van der Waals surface area contributed by atoms with Crippen molar-refractivity contribution in [3.05, 3.63) is 83.4 Å². The van der Waals surface area contributed by atoms with E-state index in [1.54, 1.807) is 36.4 Å². The summed E-state index contributed by atoms with van der Waals surface area (Å²) >= 11 is 0. The minimum absolute atomic E-state index is 0.0184. The first-order valence-electron chi connectivity index (χ1n) is 10.6. The van der Waals surface area contributed by atoms with Gasteiger partial charge in [0.15, 0.2) is 0 Å². The van der Waals surface area contributed by atoms with Crippen molar-refractivity contribution in [2.75, 3.05) is 17.2 Å². The number of benzene rings is 3. The fraction of sp³-hybridized carbons (Fsp3) is 0.160. The third kappa shape index (κ3) is 5.60. The number of nitrogens with zero attached hydrogens (tertiary/aromatic N) is 1. The van der Waals surface area contributed by atoms with E-state index in [4.69, 9.17) is 4.84 Å². The van der Waals surface area contributed by atoms with Gasteiger partial charge in [-0.1, -0.05) is 30.3 Å². The van der Waals surface area contributed by atoms with Crippen LogP contribution in [-0.2, 0) is 22.2 Å². The van der Waals surface area contributed by atoms with Crippen LogP contribution in [0.25, 0.3) is 11.1 Å². The Hall–Kier alpha value is -4.34. The molecule has 2 N–H and O–H groups in total. The molecule has 0 unspecified atom stereocenters. The van der Waals surface area contributed by atoms with Gasteiger partial charge in [-0.25, -0.2) is 4.79 Å². The maximum absolute atomic E-state index is 12.8. The number of fused-ring (bicyclic) bond motifs is 1. The van der Waals surface area contributed by atoms with E-state index < -0.39 is 23.7 Å². The Labute approximate surface area is 198 Å². The highest BCUT2D eigenvalue weighted by molar-refractivity contribution is 6.00. The van der Waals surface area contributed by atoms with E-state index in [1.165, 1.54) is 19.1 Å². The molecule has 4 rings (SSSR count). The number of carbonyl (C=O) groups is 3. The largest absolute Gasteiger partial charge is 0.416 e. The van der Waals surface area contributed by atoms with Crippen LogP contribution in [0.15, 0.2) is 66.7 Å². The van der Waals surface area contributed by atoms with E-state index in [2.05, 4.69) is 10.6 Å². The second-order valence-corrected chi connectivity index (χ2v) is 7.85. The van der Waals surface area contributed by atoms with Crippen molar-refractivity contribution in [1.29, 1.82) is 0 Å². The first-order chi connectivity index (χ1) is 16.6. The molecule has 1 aliphatic rings. The van der Waals surface area contributed by atoms with E-state index in [1.807, 2.05) is 6.07 Å². The highest BCUT2D eigenvalue weighted by atomic mass is 19.4. The molecule has 1 aliphatic heterocycles. The second-order valence-electron chi connectivity index (χ2n) is 7.85. The van der Waals surface area contributed by atoms with Gasteiger partial charge in [-0.3, -0.25) is 9.59 Å². The van der Waals surface area contributed by atoms with Crippen LogP contribution in [0.3, 0.4) is 0 Å². The smallest absolute Gasteiger partial charge is 0.338 e. The SMILES string of the molecule is CC(=O)ON1CCc2cc(-c3ccc(NC(=O)Nc4cccc(C(F)(F)F)c4)cc3)ccc2C1=O. The summed E-state index contributed by atoms with van der Waals surface area (Å²) in [6.07, 6.45) is -3.98. The van der Waals surface area contributed by atoms with Crippen LogP contribution >= 0.6 is 0 Å². The van der Waals surface area contributed by atoms with Gasteiger partial charge in [0.05, 0.1) is 12.1 Å². The van der Waals surface area contributed by atoms with Crippen molar-refractivity contribution in [2.45, 2.75) is 19.5 Å². The molecule has 35 heavy (non-hydrogen) atoms. The van der Waals surface area contributed by atoms with E-state index in [9.17, 15) is 27.6 Å². The quantitative estimate of drug-likeness (QED) is 0.514. The van der Waals surface area contributed by atoms with Crippen LogP contribution in [0.2, 0.25) is 0 Å². The molecule has 3 aromatic carbocycles. The van der Waals surface area contributed by atoms with Crippen molar-refractivity contribution in [2.24, 2.45) is 0 Å². The Kier molecular flexibility index (Phi) is 6.46. The maximum atomic E-state index is 12.8. The predicted molar refractivity (Wildman–Crippen MR) is 122 cm³/mol. The number of carbonyl (C=O) groups excluding carboxylic acids is 3. The molecule has 0 radical (unpaired) electrons. The summed E-state index contributed by atoms with van der Waals surface area (Å²) < 4.78 is 38.5. The van der Waals surface area contributed by atoms with Gasteiger partial charge in [0, 0.05) is 23.9 Å². The van der Waals surface area contributed by atoms with Crippen molar-refractivity contribution in [1.82, 2.24) is 5.06 Å². The first-order valence-corrected chi connectivity index (χ1v) is 10.6. The van der Waals surface area contributed by atoms with Crippen LogP contribution in [0.4, 0.5) is 29.3 Å². The number of hydrogen-bond donors (Lipinski definition) is 2. The summed E-state index contributed by atoms with van der Waals surface area (Å²) in [5.74, 6) is -0.935. The Morgan fingerprint density at radius 2 is 1.60 bits per heavy atom. The third-order valence-corrected chi connectivity index (χ3v) is 5.31. The molecule has 0 spiro atoms. The van der Waals surface area contributed by atoms with Gasteiger partial charge in [0.2, 0.25) is 0 Å². The maximum Gasteiger partial charge on any atom is 0.416 e. The number of alkyl halides is 3. The number of nitrogens with one attached hydrogen (secondary N) is 2. The average Bonchev–Trinajstić information content (AvgIpc) is 2.80. The van der Waals surface area contributed by atoms with Crippen LogP contribution in [0, 0.1) is 0 Å². The Morgan fingerprint density at radius 1 is 0.914 bits per heavy atom. The predicted octanol–water partition coefficient (Wildman–Crippen LogP) is 5.49. The van der Waals surface area contributed by atoms with Gasteiger partial charge in [0.25, 0.3) is 5.91 Å². The topological polar surface area (TPSA) is 87.7 Å².